The maximum atomic E-state index is 11.4. The predicted octanol–water partition coefficient (Wildman–Crippen LogP) is 2.24. The van der Waals surface area contributed by atoms with Crippen LogP contribution < -0.4 is 0 Å². The van der Waals surface area contributed by atoms with Gasteiger partial charge >= 0.3 is 5.97 Å². The van der Waals surface area contributed by atoms with E-state index in [1.165, 1.54) is 0 Å². The van der Waals surface area contributed by atoms with Crippen molar-refractivity contribution in [2.45, 2.75) is 20.3 Å². The van der Waals surface area contributed by atoms with Crippen LogP contribution in [0, 0.1) is 5.92 Å². The molecule has 0 heterocycles. The van der Waals surface area contributed by atoms with Gasteiger partial charge in [-0.2, -0.15) is 0 Å². The molecule has 86 valence electrons. The SMILES string of the molecule is CC(C)COC(=O)Cc1ccccc1C=O. The molecule has 1 aromatic carbocycles. The lowest BCUT2D eigenvalue weighted by Crippen LogP contribution is -2.13. The Morgan fingerprint density at radius 2 is 2.06 bits per heavy atom. The van der Waals surface area contributed by atoms with Gasteiger partial charge in [-0.25, -0.2) is 0 Å². The summed E-state index contributed by atoms with van der Waals surface area (Å²) in [5.74, 6) is 0.0354. The fourth-order valence-electron chi connectivity index (χ4n) is 1.28. The number of esters is 1. The van der Waals surface area contributed by atoms with Crippen molar-refractivity contribution in [3.8, 4) is 0 Å². The molecule has 0 unspecified atom stereocenters. The molecule has 1 aromatic rings. The Hall–Kier alpha value is -1.64. The monoisotopic (exact) mass is 220 g/mol. The van der Waals surface area contributed by atoms with E-state index in [0.29, 0.717) is 23.7 Å². The van der Waals surface area contributed by atoms with Crippen molar-refractivity contribution < 1.29 is 14.3 Å². The summed E-state index contributed by atoms with van der Waals surface area (Å²) in [7, 11) is 0. The van der Waals surface area contributed by atoms with Crippen LogP contribution in [-0.4, -0.2) is 18.9 Å². The Labute approximate surface area is 95.4 Å². The maximum Gasteiger partial charge on any atom is 0.310 e. The van der Waals surface area contributed by atoms with E-state index < -0.39 is 0 Å². The van der Waals surface area contributed by atoms with Crippen LogP contribution in [0.25, 0.3) is 0 Å². The number of benzene rings is 1. The minimum Gasteiger partial charge on any atom is -0.465 e. The molecular formula is C13H16O3. The fourth-order valence-corrected chi connectivity index (χ4v) is 1.28. The van der Waals surface area contributed by atoms with Crippen molar-refractivity contribution >= 4 is 12.3 Å². The zero-order valence-electron chi connectivity index (χ0n) is 9.60. The molecule has 0 bridgehead atoms. The first-order valence-corrected chi connectivity index (χ1v) is 5.32. The van der Waals surface area contributed by atoms with Crippen molar-refractivity contribution in [3.63, 3.8) is 0 Å². The highest BCUT2D eigenvalue weighted by Crippen LogP contribution is 2.08. The van der Waals surface area contributed by atoms with Crippen LogP contribution in [-0.2, 0) is 16.0 Å². The lowest BCUT2D eigenvalue weighted by molar-refractivity contribution is -0.143. The number of carbonyl (C=O) groups is 2. The fraction of sp³-hybridized carbons (Fsp3) is 0.385. The number of hydrogen-bond donors (Lipinski definition) is 0. The molecule has 3 heteroatoms. The molecule has 0 fully saturated rings. The van der Waals surface area contributed by atoms with Gasteiger partial charge in [0, 0.05) is 5.56 Å². The smallest absolute Gasteiger partial charge is 0.310 e. The molecule has 0 spiro atoms. The van der Waals surface area contributed by atoms with Gasteiger partial charge in [-0.1, -0.05) is 38.1 Å². The highest BCUT2D eigenvalue weighted by atomic mass is 16.5. The van der Waals surface area contributed by atoms with Crippen molar-refractivity contribution in [1.82, 2.24) is 0 Å². The Bertz CT molecular complexity index is 369. The van der Waals surface area contributed by atoms with E-state index in [9.17, 15) is 9.59 Å². The summed E-state index contributed by atoms with van der Waals surface area (Å²) in [6.07, 6.45) is 0.909. The van der Waals surface area contributed by atoms with Gasteiger partial charge in [-0.3, -0.25) is 9.59 Å². The van der Waals surface area contributed by atoms with E-state index >= 15 is 0 Å². The van der Waals surface area contributed by atoms with Crippen molar-refractivity contribution in [3.05, 3.63) is 35.4 Å². The standard InChI is InChI=1S/C13H16O3/c1-10(2)9-16-13(15)7-11-5-3-4-6-12(11)8-14/h3-6,8,10H,7,9H2,1-2H3. The second kappa shape index (κ2) is 6.05. The first-order chi connectivity index (χ1) is 7.63. The highest BCUT2D eigenvalue weighted by Gasteiger charge is 2.08. The normalized spacial score (nSPS) is 10.2. The van der Waals surface area contributed by atoms with E-state index in [2.05, 4.69) is 0 Å². The molecular weight excluding hydrogens is 204 g/mol. The third kappa shape index (κ3) is 3.85. The van der Waals surface area contributed by atoms with Gasteiger partial charge < -0.3 is 4.74 Å². The van der Waals surface area contributed by atoms with Gasteiger partial charge in [-0.15, -0.1) is 0 Å². The lowest BCUT2D eigenvalue weighted by atomic mass is 10.1. The van der Waals surface area contributed by atoms with Crippen LogP contribution in [0.15, 0.2) is 24.3 Å². The topological polar surface area (TPSA) is 43.4 Å². The second-order valence-corrected chi connectivity index (χ2v) is 4.07. The average molecular weight is 220 g/mol. The third-order valence-electron chi connectivity index (χ3n) is 2.09. The highest BCUT2D eigenvalue weighted by molar-refractivity contribution is 5.81. The molecule has 0 N–H and O–H groups in total. The number of carbonyl (C=O) groups excluding carboxylic acids is 2. The lowest BCUT2D eigenvalue weighted by Gasteiger charge is -2.08. The van der Waals surface area contributed by atoms with Crippen LogP contribution in [0.5, 0.6) is 0 Å². The van der Waals surface area contributed by atoms with Crippen LogP contribution in [0.1, 0.15) is 29.8 Å². The zero-order valence-corrected chi connectivity index (χ0v) is 9.60. The Morgan fingerprint density at radius 3 is 2.69 bits per heavy atom. The molecule has 0 amide bonds. The van der Waals surface area contributed by atoms with Crippen LogP contribution in [0.3, 0.4) is 0 Å². The predicted molar refractivity (Wildman–Crippen MR) is 61.3 cm³/mol. The summed E-state index contributed by atoms with van der Waals surface area (Å²) in [5.41, 5.74) is 1.26. The molecule has 0 atom stereocenters. The molecule has 0 aromatic heterocycles. The van der Waals surface area contributed by atoms with Gasteiger partial charge in [0.15, 0.2) is 0 Å². The Balaban J connectivity index is 2.59. The third-order valence-corrected chi connectivity index (χ3v) is 2.09. The zero-order chi connectivity index (χ0) is 12.0. The van der Waals surface area contributed by atoms with E-state index in [4.69, 9.17) is 4.74 Å². The molecule has 3 nitrogen and oxygen atoms in total. The van der Waals surface area contributed by atoms with Gasteiger partial charge in [0.05, 0.1) is 13.0 Å². The van der Waals surface area contributed by atoms with Gasteiger partial charge in [0.25, 0.3) is 0 Å². The minimum atomic E-state index is -0.289. The first kappa shape index (κ1) is 12.4. The first-order valence-electron chi connectivity index (χ1n) is 5.32. The van der Waals surface area contributed by atoms with Gasteiger partial charge in [0.1, 0.15) is 6.29 Å². The van der Waals surface area contributed by atoms with Gasteiger partial charge in [-0.05, 0) is 11.5 Å². The average Bonchev–Trinajstić information content (AvgIpc) is 2.27. The van der Waals surface area contributed by atoms with Crippen LogP contribution >= 0.6 is 0 Å². The van der Waals surface area contributed by atoms with Crippen molar-refractivity contribution in [2.24, 2.45) is 5.92 Å². The van der Waals surface area contributed by atoms with Crippen molar-refractivity contribution in [2.75, 3.05) is 6.61 Å². The molecule has 16 heavy (non-hydrogen) atoms. The summed E-state index contributed by atoms with van der Waals surface area (Å²) in [6, 6.07) is 7.03. The Morgan fingerprint density at radius 1 is 1.38 bits per heavy atom. The molecule has 0 radical (unpaired) electrons. The Kier molecular flexibility index (Phi) is 4.70. The summed E-state index contributed by atoms with van der Waals surface area (Å²) in [4.78, 5) is 22.2. The molecule has 1 rings (SSSR count). The minimum absolute atomic E-state index is 0.154. The molecule has 0 saturated carbocycles. The maximum absolute atomic E-state index is 11.4. The molecule has 0 saturated heterocycles. The van der Waals surface area contributed by atoms with E-state index in [-0.39, 0.29) is 12.4 Å². The summed E-state index contributed by atoms with van der Waals surface area (Å²) < 4.78 is 5.05. The molecule has 0 aliphatic rings. The number of aldehydes is 1. The number of hydrogen-bond acceptors (Lipinski definition) is 3. The van der Waals surface area contributed by atoms with Gasteiger partial charge in [0.2, 0.25) is 0 Å². The molecule has 0 aliphatic heterocycles. The van der Waals surface area contributed by atoms with E-state index in [0.717, 1.165) is 6.29 Å². The summed E-state index contributed by atoms with van der Waals surface area (Å²) in [5, 5.41) is 0. The quantitative estimate of drug-likeness (QED) is 0.564. The van der Waals surface area contributed by atoms with Crippen LogP contribution in [0.4, 0.5) is 0 Å². The number of rotatable bonds is 5. The molecule has 0 aliphatic carbocycles. The number of ether oxygens (including phenoxy) is 1. The summed E-state index contributed by atoms with van der Waals surface area (Å²) >= 11 is 0. The van der Waals surface area contributed by atoms with Crippen LogP contribution in [0.2, 0.25) is 0 Å². The summed E-state index contributed by atoms with van der Waals surface area (Å²) in [6.45, 7) is 4.38. The second-order valence-electron chi connectivity index (χ2n) is 4.07. The largest absolute Gasteiger partial charge is 0.465 e. The van der Waals surface area contributed by atoms with E-state index in [1.807, 2.05) is 13.8 Å². The van der Waals surface area contributed by atoms with E-state index in [1.54, 1.807) is 24.3 Å². The van der Waals surface area contributed by atoms with Crippen molar-refractivity contribution in [1.29, 1.82) is 0 Å².